The molecule has 6 nitrogen and oxygen atoms in total. The Hall–Kier alpha value is -5.88. The Morgan fingerprint density at radius 3 is 1.13 bits per heavy atom. The number of aromatic hydroxyl groups is 1. The molecular weight excluding hydrogens is 671 g/mol. The Bertz CT molecular complexity index is 2900. The molecular formula is C48H43NO5. The minimum atomic E-state index is -0.635. The normalized spacial score (nSPS) is 12.2. The van der Waals surface area contributed by atoms with Crippen molar-refractivity contribution < 1.29 is 5.11 Å². The first-order valence-electron chi connectivity index (χ1n) is 18.6. The molecule has 270 valence electrons. The molecule has 0 unspecified atom stereocenters. The fourth-order valence-electron chi connectivity index (χ4n) is 9.41. The van der Waals surface area contributed by atoms with Crippen LogP contribution in [-0.4, -0.2) is 9.67 Å². The van der Waals surface area contributed by atoms with Crippen LogP contribution in [0.25, 0.3) is 71.0 Å². The van der Waals surface area contributed by atoms with Gasteiger partial charge < -0.3 is 5.11 Å². The summed E-state index contributed by atoms with van der Waals surface area (Å²) in [6.45, 7) is 20.0. The predicted molar refractivity (Wildman–Crippen MR) is 224 cm³/mol. The van der Waals surface area contributed by atoms with E-state index in [1.165, 1.54) is 4.57 Å². The van der Waals surface area contributed by atoms with Crippen LogP contribution < -0.4 is 22.0 Å². The summed E-state index contributed by atoms with van der Waals surface area (Å²) < 4.78 is 1.28. The van der Waals surface area contributed by atoms with Crippen LogP contribution in [0.5, 0.6) is 5.75 Å². The van der Waals surface area contributed by atoms with Gasteiger partial charge in [-0.25, -0.2) is 4.57 Å². The van der Waals surface area contributed by atoms with Crippen molar-refractivity contribution in [1.29, 1.82) is 0 Å². The van der Waals surface area contributed by atoms with Gasteiger partial charge >= 0.3 is 0 Å². The second-order valence-corrected chi connectivity index (χ2v) is 16.1. The highest BCUT2D eigenvalue weighted by Gasteiger charge is 2.29. The summed E-state index contributed by atoms with van der Waals surface area (Å²) in [7, 11) is 0. The Labute approximate surface area is 313 Å². The summed E-state index contributed by atoms with van der Waals surface area (Å²) in [5.41, 5.74) is 8.98. The van der Waals surface area contributed by atoms with Crippen molar-refractivity contribution in [2.75, 3.05) is 0 Å². The van der Waals surface area contributed by atoms with Gasteiger partial charge in [-0.15, -0.1) is 0 Å². The molecule has 0 fully saturated rings. The third-order valence-electron chi connectivity index (χ3n) is 11.4. The van der Waals surface area contributed by atoms with E-state index in [9.17, 15) is 14.7 Å². The zero-order valence-corrected chi connectivity index (χ0v) is 32.5. The van der Waals surface area contributed by atoms with Gasteiger partial charge in [0.15, 0.2) is 0 Å². The molecule has 0 saturated heterocycles. The number of fused-ring (bicyclic) bond motifs is 3. The van der Waals surface area contributed by atoms with Gasteiger partial charge in [-0.3, -0.25) is 19.2 Å². The van der Waals surface area contributed by atoms with Crippen molar-refractivity contribution in [3.8, 4) is 33.7 Å². The molecule has 6 heteroatoms. The third-order valence-corrected chi connectivity index (χ3v) is 11.4. The molecule has 0 radical (unpaired) electrons. The van der Waals surface area contributed by atoms with E-state index in [1.54, 1.807) is 24.3 Å². The molecule has 7 aromatic carbocycles. The lowest BCUT2D eigenvalue weighted by atomic mass is 9.84. The molecule has 0 spiro atoms. The molecule has 0 aliphatic heterocycles. The van der Waals surface area contributed by atoms with Crippen LogP contribution in [0.1, 0.15) is 84.0 Å². The Morgan fingerprint density at radius 2 is 0.796 bits per heavy atom. The second kappa shape index (κ2) is 12.1. The van der Waals surface area contributed by atoms with Crippen molar-refractivity contribution >= 4 is 43.1 Å². The Balaban J connectivity index is 1.68. The topological polar surface area (TPSA) is 93.4 Å². The molecule has 0 amide bonds. The van der Waals surface area contributed by atoms with E-state index in [1.807, 2.05) is 81.4 Å². The van der Waals surface area contributed by atoms with Crippen LogP contribution in [0, 0.1) is 41.5 Å². The van der Waals surface area contributed by atoms with Gasteiger partial charge in [-0.1, -0.05) is 63.1 Å². The third kappa shape index (κ3) is 4.92. The van der Waals surface area contributed by atoms with Crippen molar-refractivity contribution in [1.82, 2.24) is 4.57 Å². The summed E-state index contributed by atoms with van der Waals surface area (Å²) >= 11 is 0. The van der Waals surface area contributed by atoms with Crippen LogP contribution in [0.4, 0.5) is 0 Å². The first-order valence-corrected chi connectivity index (χ1v) is 18.6. The van der Waals surface area contributed by atoms with Gasteiger partial charge in [-0.05, 0) is 156 Å². The summed E-state index contributed by atoms with van der Waals surface area (Å²) in [6, 6.07) is 19.0. The number of aromatic nitrogens is 1. The van der Waals surface area contributed by atoms with Crippen molar-refractivity contribution in [3.63, 3.8) is 0 Å². The van der Waals surface area contributed by atoms with Crippen LogP contribution in [0.15, 0.2) is 79.8 Å². The molecule has 8 rings (SSSR count). The van der Waals surface area contributed by atoms with E-state index in [4.69, 9.17) is 0 Å². The van der Waals surface area contributed by atoms with Gasteiger partial charge in [0.1, 0.15) is 5.75 Å². The van der Waals surface area contributed by atoms with Gasteiger partial charge in [0.05, 0.1) is 16.5 Å². The fourth-order valence-corrected chi connectivity index (χ4v) is 9.41. The smallest absolute Gasteiger partial charge is 0.266 e. The number of rotatable bonds is 5. The number of benzene rings is 7. The highest BCUT2D eigenvalue weighted by molar-refractivity contribution is 6.34. The molecule has 8 aromatic rings. The molecule has 0 saturated carbocycles. The van der Waals surface area contributed by atoms with E-state index in [-0.39, 0.29) is 39.1 Å². The van der Waals surface area contributed by atoms with Crippen molar-refractivity contribution in [2.24, 2.45) is 0 Å². The lowest BCUT2D eigenvalue weighted by molar-refractivity contribution is 0.472. The predicted octanol–water partition coefficient (Wildman–Crippen LogP) is 9.98. The van der Waals surface area contributed by atoms with E-state index < -0.39 is 22.0 Å². The molecule has 0 aliphatic rings. The Kier molecular flexibility index (Phi) is 7.86. The SMILES string of the molecule is Cc1cc(C)c(-c2cc3c(=O)c(=O)c4cc(-c5c(C)cc(C)cc5C)cc5c6c(=O)n(-c7c(C(C)C)cc(O)cc7C(C)C)c(=O)c6c(c2)c3c45)c(C)c1. The van der Waals surface area contributed by atoms with E-state index in [2.05, 4.69) is 24.3 Å². The average Bonchev–Trinajstić information content (AvgIpc) is 3.34. The average molecular weight is 714 g/mol. The number of phenolic OH excluding ortho intramolecular Hbond substituents is 1. The summed E-state index contributed by atoms with van der Waals surface area (Å²) in [5.74, 6) is -0.190. The second-order valence-electron chi connectivity index (χ2n) is 16.1. The van der Waals surface area contributed by atoms with Gasteiger partial charge in [0.2, 0.25) is 10.9 Å². The summed E-state index contributed by atoms with van der Waals surface area (Å²) in [6.07, 6.45) is 0. The van der Waals surface area contributed by atoms with Crippen LogP contribution in [0.3, 0.4) is 0 Å². The maximum atomic E-state index is 15.3. The van der Waals surface area contributed by atoms with Crippen molar-refractivity contribution in [2.45, 2.75) is 81.1 Å². The number of hydrogen-bond acceptors (Lipinski definition) is 5. The van der Waals surface area contributed by atoms with E-state index in [0.717, 1.165) is 44.5 Å². The van der Waals surface area contributed by atoms with Crippen LogP contribution >= 0.6 is 0 Å². The first-order chi connectivity index (χ1) is 25.5. The molecule has 0 atom stereocenters. The number of aryl methyl sites for hydroxylation is 6. The fraction of sp³-hybridized carbons (Fsp3) is 0.250. The van der Waals surface area contributed by atoms with E-state index in [0.29, 0.717) is 49.5 Å². The number of nitrogens with zero attached hydrogens (tertiary/aromatic N) is 1. The summed E-state index contributed by atoms with van der Waals surface area (Å²) in [5, 5.41) is 13.7. The minimum absolute atomic E-state index is 0.0674. The van der Waals surface area contributed by atoms with Crippen LogP contribution in [0.2, 0.25) is 0 Å². The monoisotopic (exact) mass is 713 g/mol. The zero-order valence-electron chi connectivity index (χ0n) is 32.5. The lowest BCUT2D eigenvalue weighted by Gasteiger charge is -2.20. The molecule has 1 N–H and O–H groups in total. The van der Waals surface area contributed by atoms with Gasteiger partial charge in [-0.2, -0.15) is 0 Å². The molecule has 54 heavy (non-hydrogen) atoms. The maximum absolute atomic E-state index is 15.3. The quantitative estimate of drug-likeness (QED) is 0.142. The molecule has 0 bridgehead atoms. The van der Waals surface area contributed by atoms with Crippen LogP contribution in [-0.2, 0) is 0 Å². The van der Waals surface area contributed by atoms with Crippen molar-refractivity contribution in [3.05, 3.63) is 146 Å². The lowest BCUT2D eigenvalue weighted by Crippen LogP contribution is -2.26. The highest BCUT2D eigenvalue weighted by atomic mass is 16.3. The number of phenols is 1. The van der Waals surface area contributed by atoms with E-state index >= 15 is 9.59 Å². The minimum Gasteiger partial charge on any atom is -0.508 e. The standard InChI is InChI=1S/C48H43NO5/c1-21(2)32-19-31(50)20-33(22(3)4)44(32)49-47(53)42-34-15-29(38-25(7)11-23(5)12-26(38)8)17-36-40(34)41-35(43(42)48(49)54)16-30(18-37(41)46(52)45(36)51)39-27(9)13-24(6)14-28(39)10/h11-22,50H,1-10H3. The first kappa shape index (κ1) is 35.2. The maximum Gasteiger partial charge on any atom is 0.266 e. The molecule has 0 aliphatic carbocycles. The zero-order chi connectivity index (χ0) is 38.8. The summed E-state index contributed by atoms with van der Waals surface area (Å²) in [4.78, 5) is 59.2. The van der Waals surface area contributed by atoms with Gasteiger partial charge in [0.25, 0.3) is 11.1 Å². The molecule has 1 heterocycles. The van der Waals surface area contributed by atoms with Gasteiger partial charge in [0, 0.05) is 21.5 Å². The largest absolute Gasteiger partial charge is 0.508 e. The number of hydrogen-bond donors (Lipinski definition) is 1. The highest BCUT2D eigenvalue weighted by Crippen LogP contribution is 2.43. The Morgan fingerprint density at radius 1 is 0.463 bits per heavy atom. The molecule has 1 aromatic heterocycles.